The molecule has 0 fully saturated rings. The molecular weight excluding hydrogens is 306 g/mol. The van der Waals surface area contributed by atoms with Gasteiger partial charge in [-0.2, -0.15) is 0 Å². The van der Waals surface area contributed by atoms with Gasteiger partial charge in [-0.25, -0.2) is 4.79 Å². The van der Waals surface area contributed by atoms with Crippen LogP contribution in [0.4, 0.5) is 5.00 Å². The Hall–Kier alpha value is -1.66. The number of rotatable bonds is 5. The van der Waals surface area contributed by atoms with Gasteiger partial charge in [0.25, 0.3) is 5.91 Å². The van der Waals surface area contributed by atoms with Gasteiger partial charge < -0.3 is 10.1 Å². The number of nitrogens with one attached hydrogen (secondary N) is 1. The molecule has 0 spiro atoms. The number of amides is 1. The van der Waals surface area contributed by atoms with Crippen molar-refractivity contribution < 1.29 is 14.3 Å². The summed E-state index contributed by atoms with van der Waals surface area (Å²) in [4.78, 5) is 26.3. The summed E-state index contributed by atoms with van der Waals surface area (Å²) in [5.74, 6) is -0.485. The zero-order chi connectivity index (χ0) is 15.4. The largest absolute Gasteiger partial charge is 0.462 e. The van der Waals surface area contributed by atoms with E-state index in [1.54, 1.807) is 13.0 Å². The quantitative estimate of drug-likeness (QED) is 0.843. The molecule has 0 saturated carbocycles. The lowest BCUT2D eigenvalue weighted by Gasteiger charge is -2.00. The van der Waals surface area contributed by atoms with E-state index in [0.717, 1.165) is 12.0 Å². The van der Waals surface area contributed by atoms with Gasteiger partial charge in [-0.15, -0.1) is 22.7 Å². The van der Waals surface area contributed by atoms with Gasteiger partial charge in [0.1, 0.15) is 4.88 Å². The van der Waals surface area contributed by atoms with Crippen molar-refractivity contribution in [2.45, 2.75) is 27.2 Å². The van der Waals surface area contributed by atoms with Crippen LogP contribution in [0.5, 0.6) is 0 Å². The molecule has 0 aliphatic heterocycles. The highest BCUT2D eigenvalue weighted by molar-refractivity contribution is 7.18. The van der Waals surface area contributed by atoms with Crippen molar-refractivity contribution in [2.24, 2.45) is 0 Å². The second-order valence-electron chi connectivity index (χ2n) is 4.42. The lowest BCUT2D eigenvalue weighted by Crippen LogP contribution is -2.08. The number of esters is 1. The van der Waals surface area contributed by atoms with Gasteiger partial charge in [0.15, 0.2) is 0 Å². The Morgan fingerprint density at radius 1 is 1.24 bits per heavy atom. The van der Waals surface area contributed by atoms with Crippen LogP contribution in [0.1, 0.15) is 43.6 Å². The van der Waals surface area contributed by atoms with Gasteiger partial charge in [0, 0.05) is 4.88 Å². The van der Waals surface area contributed by atoms with Crippen molar-refractivity contribution in [2.75, 3.05) is 11.9 Å². The van der Waals surface area contributed by atoms with Gasteiger partial charge in [-0.05, 0) is 44.0 Å². The second-order valence-corrected chi connectivity index (χ2v) is 6.64. The first-order valence-corrected chi connectivity index (χ1v) is 8.36. The Bertz CT molecular complexity index is 658. The summed E-state index contributed by atoms with van der Waals surface area (Å²) >= 11 is 2.73. The molecule has 2 aromatic rings. The van der Waals surface area contributed by atoms with E-state index in [9.17, 15) is 9.59 Å². The minimum Gasteiger partial charge on any atom is -0.462 e. The summed E-state index contributed by atoms with van der Waals surface area (Å²) in [5.41, 5.74) is 0.814. The van der Waals surface area contributed by atoms with Crippen LogP contribution in [0.25, 0.3) is 0 Å². The molecule has 2 aromatic heterocycles. The van der Waals surface area contributed by atoms with Crippen LogP contribution in [0.3, 0.4) is 0 Å². The first-order valence-electron chi connectivity index (χ1n) is 6.72. The SMILES string of the molecule is CCOC(=O)c1sc(NC(=O)c2ccc(CC)s2)cc1C. The number of hydrogen-bond donors (Lipinski definition) is 1. The number of anilines is 1. The van der Waals surface area contributed by atoms with Crippen LogP contribution >= 0.6 is 22.7 Å². The van der Waals surface area contributed by atoms with Crippen molar-refractivity contribution in [3.63, 3.8) is 0 Å². The van der Waals surface area contributed by atoms with Gasteiger partial charge in [-0.1, -0.05) is 6.92 Å². The van der Waals surface area contributed by atoms with Crippen molar-refractivity contribution >= 4 is 39.6 Å². The molecule has 0 unspecified atom stereocenters. The summed E-state index contributed by atoms with van der Waals surface area (Å²) in [5, 5.41) is 3.50. The molecule has 0 radical (unpaired) electrons. The van der Waals surface area contributed by atoms with Crippen molar-refractivity contribution in [1.82, 2.24) is 0 Å². The Morgan fingerprint density at radius 2 is 2.00 bits per heavy atom. The maximum Gasteiger partial charge on any atom is 0.348 e. The van der Waals surface area contributed by atoms with Gasteiger partial charge in [0.2, 0.25) is 0 Å². The first kappa shape index (κ1) is 15.7. The van der Waals surface area contributed by atoms with Crippen LogP contribution in [0.15, 0.2) is 18.2 Å². The highest BCUT2D eigenvalue weighted by atomic mass is 32.1. The summed E-state index contributed by atoms with van der Waals surface area (Å²) in [7, 11) is 0. The van der Waals surface area contributed by atoms with E-state index in [4.69, 9.17) is 4.74 Å². The Morgan fingerprint density at radius 3 is 2.62 bits per heavy atom. The van der Waals surface area contributed by atoms with Crippen LogP contribution in [0, 0.1) is 6.92 Å². The molecule has 1 amide bonds. The third kappa shape index (κ3) is 3.71. The highest BCUT2D eigenvalue weighted by Crippen LogP contribution is 2.28. The van der Waals surface area contributed by atoms with E-state index in [-0.39, 0.29) is 11.9 Å². The fourth-order valence-corrected chi connectivity index (χ4v) is 3.61. The predicted molar refractivity (Wildman–Crippen MR) is 86.7 cm³/mol. The lowest BCUT2D eigenvalue weighted by atomic mass is 10.3. The van der Waals surface area contributed by atoms with Crippen molar-refractivity contribution in [3.05, 3.63) is 38.4 Å². The summed E-state index contributed by atoms with van der Waals surface area (Å²) in [6.07, 6.45) is 0.920. The predicted octanol–water partition coefficient (Wildman–Crippen LogP) is 4.11. The second kappa shape index (κ2) is 6.87. The van der Waals surface area contributed by atoms with E-state index in [2.05, 4.69) is 12.2 Å². The van der Waals surface area contributed by atoms with Crippen molar-refractivity contribution in [3.8, 4) is 0 Å². The Balaban J connectivity index is 2.11. The van der Waals surface area contributed by atoms with Gasteiger partial charge >= 0.3 is 5.97 Å². The summed E-state index contributed by atoms with van der Waals surface area (Å²) < 4.78 is 4.99. The molecule has 0 atom stereocenters. The maximum absolute atomic E-state index is 12.1. The minimum absolute atomic E-state index is 0.142. The fourth-order valence-electron chi connectivity index (χ4n) is 1.81. The first-order chi connectivity index (χ1) is 10.0. The molecule has 2 rings (SSSR count). The minimum atomic E-state index is -0.343. The summed E-state index contributed by atoms with van der Waals surface area (Å²) in [6, 6.07) is 5.58. The average Bonchev–Trinajstić information content (AvgIpc) is 3.05. The normalized spacial score (nSPS) is 10.4. The molecule has 112 valence electrons. The third-order valence-corrected chi connectivity index (χ3v) is 5.21. The van der Waals surface area contributed by atoms with Crippen LogP contribution in [-0.4, -0.2) is 18.5 Å². The monoisotopic (exact) mass is 323 g/mol. The highest BCUT2D eigenvalue weighted by Gasteiger charge is 2.17. The molecule has 0 aliphatic carbocycles. The Kier molecular flexibility index (Phi) is 5.14. The van der Waals surface area contributed by atoms with Gasteiger partial charge in [-0.3, -0.25) is 4.79 Å². The molecule has 0 aromatic carbocycles. The van der Waals surface area contributed by atoms with E-state index < -0.39 is 0 Å². The standard InChI is InChI=1S/C15H17NO3S2/c1-4-10-6-7-11(20-10)14(17)16-12-8-9(3)13(21-12)15(18)19-5-2/h6-8H,4-5H2,1-3H3,(H,16,17). The van der Waals surface area contributed by atoms with Crippen LogP contribution in [-0.2, 0) is 11.2 Å². The van der Waals surface area contributed by atoms with E-state index in [1.165, 1.54) is 27.6 Å². The number of ether oxygens (including phenoxy) is 1. The molecule has 2 heterocycles. The van der Waals surface area contributed by atoms with Crippen LogP contribution < -0.4 is 5.32 Å². The number of carbonyl (C=O) groups is 2. The number of aryl methyl sites for hydroxylation is 2. The molecule has 4 nitrogen and oxygen atoms in total. The number of hydrogen-bond acceptors (Lipinski definition) is 5. The molecule has 6 heteroatoms. The molecule has 0 saturated heterocycles. The smallest absolute Gasteiger partial charge is 0.348 e. The zero-order valence-electron chi connectivity index (χ0n) is 12.2. The van der Waals surface area contributed by atoms with Crippen molar-refractivity contribution in [1.29, 1.82) is 0 Å². The number of carbonyl (C=O) groups excluding carboxylic acids is 2. The number of thiophene rings is 2. The zero-order valence-corrected chi connectivity index (χ0v) is 13.8. The summed E-state index contributed by atoms with van der Waals surface area (Å²) in [6.45, 7) is 6.00. The molecule has 0 bridgehead atoms. The molecule has 1 N–H and O–H groups in total. The fraction of sp³-hybridized carbons (Fsp3) is 0.333. The molecular formula is C15H17NO3S2. The third-order valence-electron chi connectivity index (χ3n) is 2.85. The maximum atomic E-state index is 12.1. The topological polar surface area (TPSA) is 55.4 Å². The average molecular weight is 323 g/mol. The molecule has 21 heavy (non-hydrogen) atoms. The van der Waals surface area contributed by atoms with E-state index >= 15 is 0 Å². The lowest BCUT2D eigenvalue weighted by molar-refractivity contribution is 0.0531. The Labute approximate surface area is 131 Å². The van der Waals surface area contributed by atoms with Gasteiger partial charge in [0.05, 0.1) is 16.5 Å². The molecule has 0 aliphatic rings. The van der Waals surface area contributed by atoms with E-state index in [0.29, 0.717) is 21.4 Å². The van der Waals surface area contributed by atoms with Crippen LogP contribution in [0.2, 0.25) is 0 Å². The van der Waals surface area contributed by atoms with E-state index in [1.807, 2.05) is 19.1 Å².